The summed E-state index contributed by atoms with van der Waals surface area (Å²) in [7, 11) is 0. The first kappa shape index (κ1) is 17.0. The lowest BCUT2D eigenvalue weighted by Crippen LogP contribution is -2.43. The Bertz CT molecular complexity index is 670. The number of morpholine rings is 1. The summed E-state index contributed by atoms with van der Waals surface area (Å²) in [6.07, 6.45) is -0.852. The molecule has 24 heavy (non-hydrogen) atoms. The number of hydrogen-bond acceptors (Lipinski definition) is 3. The first-order chi connectivity index (χ1) is 11.5. The summed E-state index contributed by atoms with van der Waals surface area (Å²) in [5.74, 6) is -0.560. The van der Waals surface area contributed by atoms with Crippen LogP contribution >= 0.6 is 0 Å². The summed E-state index contributed by atoms with van der Waals surface area (Å²) < 4.78 is 38.5. The Kier molecular flexibility index (Phi) is 5.23. The second kappa shape index (κ2) is 7.38. The number of aryl methyl sites for hydroxylation is 1. The van der Waals surface area contributed by atoms with Crippen LogP contribution in [0.25, 0.3) is 0 Å². The molecule has 1 aliphatic rings. The average molecular weight is 333 g/mol. The molecule has 3 atom stereocenters. The Labute approximate surface area is 140 Å². The lowest BCUT2D eigenvalue weighted by molar-refractivity contribution is -0.200. The third-order valence-corrected chi connectivity index (χ3v) is 4.12. The predicted molar refractivity (Wildman–Crippen MR) is 87.5 cm³/mol. The first-order valence-electron chi connectivity index (χ1n) is 8.06. The number of benzene rings is 2. The number of rotatable bonds is 4. The van der Waals surface area contributed by atoms with Crippen LogP contribution in [0, 0.1) is 18.6 Å². The van der Waals surface area contributed by atoms with Crippen LogP contribution in [0.1, 0.15) is 35.8 Å². The molecule has 3 nitrogen and oxygen atoms in total. The molecule has 0 spiro atoms. The van der Waals surface area contributed by atoms with Crippen LogP contribution in [0.2, 0.25) is 0 Å². The van der Waals surface area contributed by atoms with E-state index in [-0.39, 0.29) is 23.8 Å². The molecule has 1 heterocycles. The van der Waals surface area contributed by atoms with Gasteiger partial charge in [0, 0.05) is 6.54 Å². The van der Waals surface area contributed by atoms with E-state index in [4.69, 9.17) is 9.47 Å². The summed E-state index contributed by atoms with van der Waals surface area (Å²) in [6.45, 7) is 4.93. The van der Waals surface area contributed by atoms with E-state index in [1.165, 1.54) is 24.3 Å². The quantitative estimate of drug-likeness (QED) is 0.916. The summed E-state index contributed by atoms with van der Waals surface area (Å²) >= 11 is 0. The Hall–Kier alpha value is -1.82. The minimum atomic E-state index is -0.525. The van der Waals surface area contributed by atoms with E-state index < -0.39 is 6.29 Å². The van der Waals surface area contributed by atoms with Gasteiger partial charge in [-0.2, -0.15) is 0 Å². The van der Waals surface area contributed by atoms with Gasteiger partial charge in [0.25, 0.3) is 0 Å². The highest BCUT2D eigenvalue weighted by atomic mass is 19.1. The molecule has 1 saturated heterocycles. The number of ether oxygens (including phenoxy) is 2. The zero-order valence-electron chi connectivity index (χ0n) is 13.8. The van der Waals surface area contributed by atoms with Crippen LogP contribution in [0.5, 0.6) is 0 Å². The SMILES string of the molecule is Cc1cc(F)cc([C@@H](C)O[C@H]2OCCN[C@H]2c2ccc(F)cc2)c1. The van der Waals surface area contributed by atoms with E-state index >= 15 is 0 Å². The topological polar surface area (TPSA) is 30.5 Å². The van der Waals surface area contributed by atoms with Crippen LogP contribution in [0.4, 0.5) is 8.78 Å². The normalized spacial score (nSPS) is 22.3. The first-order valence-corrected chi connectivity index (χ1v) is 8.06. The zero-order valence-corrected chi connectivity index (χ0v) is 13.8. The van der Waals surface area contributed by atoms with Crippen molar-refractivity contribution in [2.24, 2.45) is 0 Å². The molecular weight excluding hydrogens is 312 g/mol. The summed E-state index contributed by atoms with van der Waals surface area (Å²) in [5.41, 5.74) is 2.50. The molecule has 0 saturated carbocycles. The molecule has 128 valence electrons. The molecule has 1 fully saturated rings. The van der Waals surface area contributed by atoms with Gasteiger partial charge in [0.15, 0.2) is 6.29 Å². The largest absolute Gasteiger partial charge is 0.349 e. The van der Waals surface area contributed by atoms with Gasteiger partial charge >= 0.3 is 0 Å². The van der Waals surface area contributed by atoms with Crippen molar-refractivity contribution < 1.29 is 18.3 Å². The number of halogens is 2. The van der Waals surface area contributed by atoms with Crippen LogP contribution < -0.4 is 5.32 Å². The van der Waals surface area contributed by atoms with Crippen molar-refractivity contribution in [3.8, 4) is 0 Å². The van der Waals surface area contributed by atoms with E-state index in [0.717, 1.165) is 16.7 Å². The van der Waals surface area contributed by atoms with Crippen molar-refractivity contribution in [2.75, 3.05) is 13.2 Å². The maximum atomic E-state index is 13.6. The molecule has 2 aromatic carbocycles. The molecule has 0 radical (unpaired) electrons. The zero-order chi connectivity index (χ0) is 17.1. The lowest BCUT2D eigenvalue weighted by atomic mass is 10.0. The molecule has 0 amide bonds. The second-order valence-electron chi connectivity index (χ2n) is 6.06. The van der Waals surface area contributed by atoms with Crippen LogP contribution in [-0.2, 0) is 9.47 Å². The highest BCUT2D eigenvalue weighted by molar-refractivity contribution is 5.25. The van der Waals surface area contributed by atoms with Crippen molar-refractivity contribution >= 4 is 0 Å². The lowest BCUT2D eigenvalue weighted by Gasteiger charge is -2.34. The van der Waals surface area contributed by atoms with E-state index in [0.29, 0.717) is 13.2 Å². The Morgan fingerprint density at radius 3 is 2.58 bits per heavy atom. The van der Waals surface area contributed by atoms with Gasteiger partial charge in [-0.05, 0) is 54.8 Å². The maximum Gasteiger partial charge on any atom is 0.177 e. The molecule has 1 N–H and O–H groups in total. The van der Waals surface area contributed by atoms with E-state index in [1.807, 2.05) is 19.9 Å². The molecule has 3 rings (SSSR count). The van der Waals surface area contributed by atoms with Gasteiger partial charge in [0.2, 0.25) is 0 Å². The molecule has 0 unspecified atom stereocenters. The summed E-state index contributed by atoms with van der Waals surface area (Å²) in [4.78, 5) is 0. The van der Waals surface area contributed by atoms with Gasteiger partial charge in [-0.3, -0.25) is 0 Å². The van der Waals surface area contributed by atoms with Crippen molar-refractivity contribution in [1.29, 1.82) is 0 Å². The van der Waals surface area contributed by atoms with E-state index in [2.05, 4.69) is 5.32 Å². The fourth-order valence-electron chi connectivity index (χ4n) is 2.92. The number of nitrogens with one attached hydrogen (secondary N) is 1. The second-order valence-corrected chi connectivity index (χ2v) is 6.06. The maximum absolute atomic E-state index is 13.6. The molecular formula is C19H21F2NO2. The predicted octanol–water partition coefficient (Wildman–Crippen LogP) is 4.04. The molecule has 1 aliphatic heterocycles. The van der Waals surface area contributed by atoms with E-state index in [1.54, 1.807) is 12.1 Å². The highest BCUT2D eigenvalue weighted by Crippen LogP contribution is 2.29. The van der Waals surface area contributed by atoms with Crippen molar-refractivity contribution in [3.63, 3.8) is 0 Å². The van der Waals surface area contributed by atoms with Crippen LogP contribution in [-0.4, -0.2) is 19.4 Å². The van der Waals surface area contributed by atoms with Gasteiger partial charge in [-0.25, -0.2) is 8.78 Å². The smallest absolute Gasteiger partial charge is 0.177 e. The van der Waals surface area contributed by atoms with Gasteiger partial charge in [0.05, 0.1) is 18.8 Å². The van der Waals surface area contributed by atoms with E-state index in [9.17, 15) is 8.78 Å². The van der Waals surface area contributed by atoms with Gasteiger partial charge in [0.1, 0.15) is 11.6 Å². The molecule has 2 aromatic rings. The van der Waals surface area contributed by atoms with Crippen molar-refractivity contribution in [1.82, 2.24) is 5.32 Å². The fraction of sp³-hybridized carbons (Fsp3) is 0.368. The monoisotopic (exact) mass is 333 g/mol. The van der Waals surface area contributed by atoms with Crippen molar-refractivity contribution in [2.45, 2.75) is 32.3 Å². The van der Waals surface area contributed by atoms with Crippen LogP contribution in [0.3, 0.4) is 0 Å². The minimum Gasteiger partial charge on any atom is -0.349 e. The summed E-state index contributed by atoms with van der Waals surface area (Å²) in [6, 6.07) is 10.9. The van der Waals surface area contributed by atoms with Crippen molar-refractivity contribution in [3.05, 3.63) is 70.8 Å². The molecule has 0 aromatic heterocycles. The third-order valence-electron chi connectivity index (χ3n) is 4.12. The Morgan fingerprint density at radius 1 is 1.12 bits per heavy atom. The van der Waals surface area contributed by atoms with Gasteiger partial charge in [-0.1, -0.05) is 18.2 Å². The third kappa shape index (κ3) is 3.98. The van der Waals surface area contributed by atoms with Gasteiger partial charge in [-0.15, -0.1) is 0 Å². The number of hydrogen-bond donors (Lipinski definition) is 1. The summed E-state index contributed by atoms with van der Waals surface area (Å²) in [5, 5.41) is 3.34. The average Bonchev–Trinajstić information content (AvgIpc) is 2.55. The standard InChI is InChI=1S/C19H21F2NO2/c1-12-9-15(11-17(21)10-12)13(2)24-19-18(22-7-8-23-19)14-3-5-16(20)6-4-14/h3-6,9-11,13,18-19,22H,7-8H2,1-2H3/t13-,18+,19-/m1/s1. The molecule has 0 aliphatic carbocycles. The molecule has 5 heteroatoms. The molecule has 0 bridgehead atoms. The fourth-order valence-corrected chi connectivity index (χ4v) is 2.92. The Balaban J connectivity index is 1.76. The minimum absolute atomic E-state index is 0.198. The van der Waals surface area contributed by atoms with Gasteiger partial charge < -0.3 is 14.8 Å². The Morgan fingerprint density at radius 2 is 1.88 bits per heavy atom. The van der Waals surface area contributed by atoms with Crippen LogP contribution in [0.15, 0.2) is 42.5 Å². The highest BCUT2D eigenvalue weighted by Gasteiger charge is 2.29.